The van der Waals surface area contributed by atoms with E-state index < -0.39 is 0 Å². The molecule has 0 radical (unpaired) electrons. The zero-order chi connectivity index (χ0) is 10.3. The molecule has 0 bridgehead atoms. The molecule has 1 N–H and O–H groups in total. The van der Waals surface area contributed by atoms with Crippen LogP contribution in [0.1, 0.15) is 34.5 Å². The Balaban J connectivity index is 2.21. The summed E-state index contributed by atoms with van der Waals surface area (Å²) in [6.07, 6.45) is 0. The summed E-state index contributed by atoms with van der Waals surface area (Å²) in [5.74, 6) is 1.20. The maximum atomic E-state index is 3.67. The van der Waals surface area contributed by atoms with Crippen LogP contribution in [0.5, 0.6) is 0 Å². The van der Waals surface area contributed by atoms with Gasteiger partial charge >= 0.3 is 0 Å². The van der Waals surface area contributed by atoms with Crippen LogP contribution in [0.25, 0.3) is 0 Å². The summed E-state index contributed by atoms with van der Waals surface area (Å²) in [4.78, 5) is 2.88. The molecule has 3 heteroatoms. The lowest BCUT2D eigenvalue weighted by atomic mass is 10.1. The quantitative estimate of drug-likeness (QED) is 0.788. The molecule has 1 aromatic rings. The lowest BCUT2D eigenvalue weighted by Crippen LogP contribution is -2.35. The lowest BCUT2D eigenvalue weighted by Gasteiger charge is -2.18. The highest BCUT2D eigenvalue weighted by atomic mass is 32.2. The van der Waals surface area contributed by atoms with Crippen LogP contribution in [0.4, 0.5) is 0 Å². The van der Waals surface area contributed by atoms with E-state index in [0.717, 1.165) is 0 Å². The van der Waals surface area contributed by atoms with Gasteiger partial charge in [-0.05, 0) is 39.3 Å². The Hall–Kier alpha value is 0.01000. The minimum absolute atomic E-state index is 0.289. The molecular weight excluding hydrogens is 210 g/mol. The monoisotopic (exact) mass is 227 g/mol. The molecule has 1 saturated heterocycles. The van der Waals surface area contributed by atoms with Crippen LogP contribution < -0.4 is 5.32 Å². The SMILES string of the molecule is Cc1cc(C2NC(C)(C)CS2)c(C)s1. The topological polar surface area (TPSA) is 12.0 Å². The first-order valence-corrected chi connectivity index (χ1v) is 6.81. The molecule has 2 heterocycles. The fraction of sp³-hybridized carbons (Fsp3) is 0.636. The number of rotatable bonds is 1. The van der Waals surface area contributed by atoms with Gasteiger partial charge in [-0.3, -0.25) is 5.32 Å². The number of hydrogen-bond donors (Lipinski definition) is 1. The van der Waals surface area contributed by atoms with Gasteiger partial charge in [0.1, 0.15) is 0 Å². The molecule has 0 aliphatic carbocycles. The van der Waals surface area contributed by atoms with Crippen molar-refractivity contribution in [1.29, 1.82) is 0 Å². The predicted molar refractivity (Wildman–Crippen MR) is 66.2 cm³/mol. The number of thiophene rings is 1. The van der Waals surface area contributed by atoms with E-state index in [2.05, 4.69) is 39.1 Å². The minimum Gasteiger partial charge on any atom is -0.296 e. The van der Waals surface area contributed by atoms with Crippen LogP contribution in [-0.2, 0) is 0 Å². The third-order valence-corrected chi connectivity index (χ3v) is 5.07. The zero-order valence-electron chi connectivity index (χ0n) is 9.18. The van der Waals surface area contributed by atoms with Crippen molar-refractivity contribution in [2.45, 2.75) is 38.6 Å². The molecular formula is C11H17NS2. The first kappa shape index (κ1) is 10.5. The summed E-state index contributed by atoms with van der Waals surface area (Å²) in [7, 11) is 0. The maximum absolute atomic E-state index is 3.67. The van der Waals surface area contributed by atoms with Crippen LogP contribution in [0, 0.1) is 13.8 Å². The van der Waals surface area contributed by atoms with E-state index >= 15 is 0 Å². The van der Waals surface area contributed by atoms with Crippen molar-refractivity contribution < 1.29 is 0 Å². The van der Waals surface area contributed by atoms with Crippen LogP contribution in [0.3, 0.4) is 0 Å². The van der Waals surface area contributed by atoms with Crippen LogP contribution in [0.2, 0.25) is 0 Å². The van der Waals surface area contributed by atoms with Gasteiger partial charge in [-0.25, -0.2) is 0 Å². The van der Waals surface area contributed by atoms with E-state index in [-0.39, 0.29) is 5.54 Å². The Labute approximate surface area is 94.3 Å². The third kappa shape index (κ3) is 2.00. The van der Waals surface area contributed by atoms with E-state index in [4.69, 9.17) is 0 Å². The highest BCUT2D eigenvalue weighted by Gasteiger charge is 2.32. The second-order valence-electron chi connectivity index (χ2n) is 4.59. The molecule has 1 unspecified atom stereocenters. The Bertz CT molecular complexity index is 341. The van der Waals surface area contributed by atoms with Gasteiger partial charge in [0, 0.05) is 21.0 Å². The summed E-state index contributed by atoms with van der Waals surface area (Å²) >= 11 is 3.93. The van der Waals surface area contributed by atoms with Crippen molar-refractivity contribution in [3.63, 3.8) is 0 Å². The molecule has 1 aliphatic heterocycles. The molecule has 0 saturated carbocycles. The zero-order valence-corrected chi connectivity index (χ0v) is 10.8. The number of aryl methyl sites for hydroxylation is 2. The minimum atomic E-state index is 0.289. The van der Waals surface area contributed by atoms with Gasteiger partial charge in [-0.1, -0.05) is 0 Å². The molecule has 1 fully saturated rings. The van der Waals surface area contributed by atoms with Gasteiger partial charge < -0.3 is 0 Å². The molecule has 1 aliphatic rings. The van der Waals surface area contributed by atoms with E-state index in [1.54, 1.807) is 0 Å². The first-order valence-electron chi connectivity index (χ1n) is 4.94. The second kappa shape index (κ2) is 3.54. The van der Waals surface area contributed by atoms with Crippen molar-refractivity contribution in [3.8, 4) is 0 Å². The van der Waals surface area contributed by atoms with E-state index in [1.807, 2.05) is 23.1 Å². The summed E-state index contributed by atoms with van der Waals surface area (Å²) in [5.41, 5.74) is 1.78. The van der Waals surface area contributed by atoms with Crippen molar-refractivity contribution in [1.82, 2.24) is 5.32 Å². The molecule has 1 aromatic heterocycles. The average Bonchev–Trinajstić information content (AvgIpc) is 2.55. The van der Waals surface area contributed by atoms with E-state index in [0.29, 0.717) is 5.37 Å². The highest BCUT2D eigenvalue weighted by molar-refractivity contribution is 7.99. The average molecular weight is 227 g/mol. The van der Waals surface area contributed by atoms with E-state index in [9.17, 15) is 0 Å². The molecule has 0 aromatic carbocycles. The number of hydrogen-bond acceptors (Lipinski definition) is 3. The summed E-state index contributed by atoms with van der Waals surface area (Å²) in [6, 6.07) is 2.33. The van der Waals surface area contributed by atoms with Gasteiger partial charge in [-0.2, -0.15) is 0 Å². The summed E-state index contributed by atoms with van der Waals surface area (Å²) in [6.45, 7) is 8.95. The van der Waals surface area contributed by atoms with Crippen molar-refractivity contribution in [2.75, 3.05) is 5.75 Å². The standard InChI is InChI=1S/C11H17NS2/c1-7-5-9(8(2)14-7)10-12-11(3,4)6-13-10/h5,10,12H,6H2,1-4H3. The molecule has 1 atom stereocenters. The smallest absolute Gasteiger partial charge is 0.0805 e. The molecule has 78 valence electrons. The number of nitrogens with one attached hydrogen (secondary N) is 1. The largest absolute Gasteiger partial charge is 0.296 e. The molecule has 2 rings (SSSR count). The van der Waals surface area contributed by atoms with Crippen LogP contribution in [-0.4, -0.2) is 11.3 Å². The molecule has 0 amide bonds. The van der Waals surface area contributed by atoms with Gasteiger partial charge in [0.05, 0.1) is 5.37 Å². The maximum Gasteiger partial charge on any atom is 0.0805 e. The molecule has 0 spiro atoms. The Morgan fingerprint density at radius 2 is 2.14 bits per heavy atom. The van der Waals surface area contributed by atoms with Crippen molar-refractivity contribution in [2.24, 2.45) is 0 Å². The predicted octanol–water partition coefficient (Wildman–Crippen LogP) is 3.48. The van der Waals surface area contributed by atoms with Gasteiger partial charge in [0.15, 0.2) is 0 Å². The summed E-state index contributed by atoms with van der Waals surface area (Å²) < 4.78 is 0. The van der Waals surface area contributed by atoms with Crippen LogP contribution >= 0.6 is 23.1 Å². The van der Waals surface area contributed by atoms with Crippen molar-refractivity contribution >= 4 is 23.1 Å². The van der Waals surface area contributed by atoms with Gasteiger partial charge in [-0.15, -0.1) is 23.1 Å². The fourth-order valence-electron chi connectivity index (χ4n) is 1.81. The van der Waals surface area contributed by atoms with Gasteiger partial charge in [0.25, 0.3) is 0 Å². The van der Waals surface area contributed by atoms with Gasteiger partial charge in [0.2, 0.25) is 0 Å². The Morgan fingerprint density at radius 1 is 1.43 bits per heavy atom. The molecule has 14 heavy (non-hydrogen) atoms. The van der Waals surface area contributed by atoms with Crippen LogP contribution in [0.15, 0.2) is 6.07 Å². The summed E-state index contributed by atoms with van der Waals surface area (Å²) in [5, 5.41) is 4.18. The van der Waals surface area contributed by atoms with E-state index in [1.165, 1.54) is 21.1 Å². The first-order chi connectivity index (χ1) is 6.48. The lowest BCUT2D eigenvalue weighted by molar-refractivity contribution is 0.452. The molecule has 1 nitrogen and oxygen atoms in total. The highest BCUT2D eigenvalue weighted by Crippen LogP contribution is 2.40. The number of thioether (sulfide) groups is 1. The Kier molecular flexibility index (Phi) is 2.66. The van der Waals surface area contributed by atoms with Crippen molar-refractivity contribution in [3.05, 3.63) is 21.4 Å². The Morgan fingerprint density at radius 3 is 2.57 bits per heavy atom. The normalized spacial score (nSPS) is 25.6. The second-order valence-corrected chi connectivity index (χ2v) is 7.14. The third-order valence-electron chi connectivity index (χ3n) is 2.49. The fourth-order valence-corrected chi connectivity index (χ4v) is 4.34.